The molecular weight excluding hydrogens is 346 g/mol. The molecule has 1 aromatic carbocycles. The summed E-state index contributed by atoms with van der Waals surface area (Å²) in [5, 5.41) is 0.918. The first kappa shape index (κ1) is 16.7. The van der Waals surface area contributed by atoms with Crippen molar-refractivity contribution < 1.29 is 8.42 Å². The first-order chi connectivity index (χ1) is 12.5. The molecule has 0 spiro atoms. The minimum atomic E-state index is -3.37. The molecule has 0 bridgehead atoms. The number of pyridine rings is 1. The monoisotopic (exact) mass is 365 g/mol. The first-order valence-corrected chi connectivity index (χ1v) is 10.4. The maximum atomic E-state index is 12.1. The molecule has 4 rings (SSSR count). The minimum Gasteiger partial charge on any atom is -0.284 e. The lowest BCUT2D eigenvalue weighted by atomic mass is 9.95. The molecule has 0 aliphatic carbocycles. The van der Waals surface area contributed by atoms with Crippen LogP contribution in [0.2, 0.25) is 0 Å². The quantitative estimate of drug-likeness (QED) is 0.713. The van der Waals surface area contributed by atoms with Crippen molar-refractivity contribution in [1.82, 2.24) is 8.96 Å². The number of hydrogen-bond acceptors (Lipinski definition) is 4. The summed E-state index contributed by atoms with van der Waals surface area (Å²) in [4.78, 5) is 8.89. The predicted molar refractivity (Wildman–Crippen MR) is 105 cm³/mol. The third-order valence-corrected chi connectivity index (χ3v) is 5.53. The van der Waals surface area contributed by atoms with Crippen molar-refractivity contribution in [1.29, 1.82) is 0 Å². The Bertz CT molecular complexity index is 1130. The fourth-order valence-corrected chi connectivity index (χ4v) is 4.17. The summed E-state index contributed by atoms with van der Waals surface area (Å²) in [6.07, 6.45) is 10.4. The molecule has 0 atom stereocenters. The molecule has 0 saturated carbocycles. The maximum absolute atomic E-state index is 12.1. The summed E-state index contributed by atoms with van der Waals surface area (Å²) < 4.78 is 25.6. The van der Waals surface area contributed by atoms with Gasteiger partial charge in [-0.1, -0.05) is 18.2 Å². The lowest BCUT2D eigenvalue weighted by molar-refractivity contribution is 0.595. The van der Waals surface area contributed by atoms with Crippen LogP contribution >= 0.6 is 0 Å². The number of aliphatic imine (C=N–C) groups is 1. The van der Waals surface area contributed by atoms with Crippen LogP contribution in [-0.4, -0.2) is 35.9 Å². The second-order valence-corrected chi connectivity index (χ2v) is 8.26. The van der Waals surface area contributed by atoms with Crippen molar-refractivity contribution in [3.05, 3.63) is 71.7 Å². The van der Waals surface area contributed by atoms with E-state index < -0.39 is 10.0 Å². The van der Waals surface area contributed by atoms with Crippen LogP contribution < -0.4 is 0 Å². The Labute approximate surface area is 152 Å². The molecule has 0 saturated heterocycles. The van der Waals surface area contributed by atoms with E-state index in [9.17, 15) is 8.42 Å². The van der Waals surface area contributed by atoms with Crippen LogP contribution in [0.4, 0.5) is 0 Å². The third kappa shape index (κ3) is 3.08. The Morgan fingerprint density at radius 1 is 1.15 bits per heavy atom. The molecule has 0 unspecified atom stereocenters. The Hall–Kier alpha value is -2.73. The molecule has 26 heavy (non-hydrogen) atoms. The zero-order valence-corrected chi connectivity index (χ0v) is 15.3. The van der Waals surface area contributed by atoms with Gasteiger partial charge in [0.15, 0.2) is 0 Å². The van der Waals surface area contributed by atoms with Gasteiger partial charge in [0.1, 0.15) is 0 Å². The van der Waals surface area contributed by atoms with Gasteiger partial charge in [0.2, 0.25) is 10.0 Å². The molecule has 2 aromatic heterocycles. The molecule has 3 aromatic rings. The highest BCUT2D eigenvalue weighted by Gasteiger charge is 2.17. The van der Waals surface area contributed by atoms with Crippen molar-refractivity contribution in [2.75, 3.05) is 12.8 Å². The van der Waals surface area contributed by atoms with Gasteiger partial charge < -0.3 is 0 Å². The average Bonchev–Trinajstić information content (AvgIpc) is 3.02. The predicted octanol–water partition coefficient (Wildman–Crippen LogP) is 3.51. The largest absolute Gasteiger partial charge is 0.284 e. The highest BCUT2D eigenvalue weighted by Crippen LogP contribution is 2.28. The summed E-state index contributed by atoms with van der Waals surface area (Å²) in [6, 6.07) is 11.5. The second kappa shape index (κ2) is 6.53. The van der Waals surface area contributed by atoms with Gasteiger partial charge in [-0.25, -0.2) is 12.4 Å². The number of fused-ring (bicyclic) bond motifs is 1. The molecule has 1 aliphatic rings. The maximum Gasteiger partial charge on any atom is 0.236 e. The zero-order valence-electron chi connectivity index (χ0n) is 14.5. The fraction of sp³-hybridized carbons (Fsp3) is 0.200. The van der Waals surface area contributed by atoms with Gasteiger partial charge in [-0.2, -0.15) is 0 Å². The Morgan fingerprint density at radius 3 is 2.77 bits per heavy atom. The van der Waals surface area contributed by atoms with E-state index in [4.69, 9.17) is 4.99 Å². The lowest BCUT2D eigenvalue weighted by Crippen LogP contribution is -2.12. The summed E-state index contributed by atoms with van der Waals surface area (Å²) >= 11 is 0. The number of benzene rings is 1. The van der Waals surface area contributed by atoms with E-state index in [0.717, 1.165) is 47.2 Å². The number of aromatic nitrogens is 2. The van der Waals surface area contributed by atoms with Crippen LogP contribution in [0.3, 0.4) is 0 Å². The topological polar surface area (TPSA) is 64.3 Å². The van der Waals surface area contributed by atoms with E-state index in [1.165, 1.54) is 10.2 Å². The molecule has 6 heteroatoms. The number of allylic oxidation sites excluding steroid dienone is 1. The SMILES string of the molecule is CS(=O)(=O)n1cc(C=C2CCCN=C2c2cccnc2)c2ccccc21. The van der Waals surface area contributed by atoms with Crippen LogP contribution in [0, 0.1) is 0 Å². The van der Waals surface area contributed by atoms with Gasteiger partial charge >= 0.3 is 0 Å². The fourth-order valence-electron chi connectivity index (χ4n) is 3.35. The molecule has 0 radical (unpaired) electrons. The highest BCUT2D eigenvalue weighted by atomic mass is 32.2. The number of rotatable bonds is 3. The van der Waals surface area contributed by atoms with Gasteiger partial charge in [-0.3, -0.25) is 9.98 Å². The van der Waals surface area contributed by atoms with Crippen LogP contribution in [0.1, 0.15) is 24.0 Å². The summed E-state index contributed by atoms with van der Waals surface area (Å²) in [6.45, 7) is 0.798. The Morgan fingerprint density at radius 2 is 2.00 bits per heavy atom. The molecule has 3 heterocycles. The average molecular weight is 365 g/mol. The van der Waals surface area contributed by atoms with Crippen molar-refractivity contribution in [3.8, 4) is 0 Å². The minimum absolute atomic E-state index is 0.692. The molecule has 1 aliphatic heterocycles. The highest BCUT2D eigenvalue weighted by molar-refractivity contribution is 7.89. The van der Waals surface area contributed by atoms with Crippen molar-refractivity contribution in [2.24, 2.45) is 4.99 Å². The Kier molecular flexibility index (Phi) is 4.20. The van der Waals surface area contributed by atoms with Crippen LogP contribution in [0.15, 0.2) is 65.6 Å². The lowest BCUT2D eigenvalue weighted by Gasteiger charge is -2.16. The van der Waals surface area contributed by atoms with Gasteiger partial charge in [0.05, 0.1) is 17.5 Å². The van der Waals surface area contributed by atoms with Gasteiger partial charge in [0.25, 0.3) is 0 Å². The van der Waals surface area contributed by atoms with E-state index in [1.54, 1.807) is 12.4 Å². The van der Waals surface area contributed by atoms with Gasteiger partial charge in [-0.15, -0.1) is 0 Å². The van der Waals surface area contributed by atoms with Crippen LogP contribution in [0.25, 0.3) is 17.0 Å². The number of hydrogen-bond donors (Lipinski definition) is 0. The molecular formula is C20H19N3O2S. The summed E-state index contributed by atoms with van der Waals surface area (Å²) in [5.74, 6) is 0. The van der Waals surface area contributed by atoms with E-state index >= 15 is 0 Å². The normalized spacial score (nSPS) is 16.8. The smallest absolute Gasteiger partial charge is 0.236 e. The van der Waals surface area contributed by atoms with Crippen LogP contribution in [-0.2, 0) is 10.0 Å². The third-order valence-electron chi connectivity index (χ3n) is 4.51. The van der Waals surface area contributed by atoms with Crippen molar-refractivity contribution >= 4 is 32.7 Å². The second-order valence-electron chi connectivity index (χ2n) is 6.41. The van der Waals surface area contributed by atoms with Crippen LogP contribution in [0.5, 0.6) is 0 Å². The molecule has 0 fully saturated rings. The summed E-state index contributed by atoms with van der Waals surface area (Å²) in [7, 11) is -3.37. The number of para-hydroxylation sites is 1. The van der Waals surface area contributed by atoms with E-state index in [-0.39, 0.29) is 0 Å². The molecule has 132 valence electrons. The standard InChI is InChI=1S/C20H19N3O2S/c1-26(24,25)23-14-17(18-8-2-3-9-19(18)23)12-15-6-5-11-22-20(15)16-7-4-10-21-13-16/h2-4,7-10,12-14H,5-6,11H2,1H3. The zero-order chi connectivity index (χ0) is 18.1. The van der Waals surface area contributed by atoms with E-state index in [2.05, 4.69) is 11.1 Å². The van der Waals surface area contributed by atoms with Gasteiger partial charge in [-0.05, 0) is 42.7 Å². The van der Waals surface area contributed by atoms with E-state index in [0.29, 0.717) is 5.52 Å². The molecule has 5 nitrogen and oxygen atoms in total. The van der Waals surface area contributed by atoms with E-state index in [1.807, 2.05) is 42.6 Å². The number of nitrogens with zero attached hydrogens (tertiary/aromatic N) is 3. The van der Waals surface area contributed by atoms with Crippen molar-refractivity contribution in [2.45, 2.75) is 12.8 Å². The molecule has 0 N–H and O–H groups in total. The van der Waals surface area contributed by atoms with Gasteiger partial charge in [0, 0.05) is 41.6 Å². The Balaban J connectivity index is 1.88. The summed E-state index contributed by atoms with van der Waals surface area (Å²) in [5.41, 5.74) is 4.63. The first-order valence-electron chi connectivity index (χ1n) is 8.50. The molecule has 0 amide bonds. The van der Waals surface area contributed by atoms with Crippen molar-refractivity contribution in [3.63, 3.8) is 0 Å².